The van der Waals surface area contributed by atoms with Crippen LogP contribution in [0.5, 0.6) is 0 Å². The maximum atomic E-state index is 2.46. The highest BCUT2D eigenvalue weighted by molar-refractivity contribution is 6.02. The Morgan fingerprint density at radius 2 is 0.638 bits per heavy atom. The lowest BCUT2D eigenvalue weighted by molar-refractivity contribution is 0.793. The molecule has 0 saturated heterocycles. The average Bonchev–Trinajstić information content (AvgIpc) is 3.90. The minimum atomic E-state index is -0.551. The summed E-state index contributed by atoms with van der Waals surface area (Å²) in [6.07, 6.45) is 0. The predicted octanol–water partition coefficient (Wildman–Crippen LogP) is 18.0. The second-order valence-electron chi connectivity index (χ2n) is 18.0. The number of hydrogen-bond donors (Lipinski definition) is 0. The van der Waals surface area contributed by atoms with E-state index in [2.05, 4.69) is 289 Å². The second-order valence-corrected chi connectivity index (χ2v) is 18.0. The number of fused-ring (bicyclic) bond motifs is 10. The summed E-state index contributed by atoms with van der Waals surface area (Å²) in [5.41, 5.74) is 23.5. The maximum Gasteiger partial charge on any atom is 0.0726 e. The van der Waals surface area contributed by atoms with E-state index in [1.54, 1.807) is 0 Å². The minimum Gasteiger partial charge on any atom is -0.310 e. The van der Waals surface area contributed by atoms with Gasteiger partial charge in [0.1, 0.15) is 0 Å². The van der Waals surface area contributed by atoms with Crippen molar-refractivity contribution in [3.63, 3.8) is 0 Å². The van der Waals surface area contributed by atoms with Gasteiger partial charge >= 0.3 is 0 Å². The lowest BCUT2D eigenvalue weighted by atomic mass is 9.70. The molecule has 1 atom stereocenters. The first kappa shape index (κ1) is 40.3. The van der Waals surface area contributed by atoms with Gasteiger partial charge in [-0.1, -0.05) is 218 Å². The van der Waals surface area contributed by atoms with Crippen molar-refractivity contribution in [3.8, 4) is 55.6 Å². The van der Waals surface area contributed by atoms with Crippen LogP contribution in [-0.4, -0.2) is 0 Å². The van der Waals surface area contributed by atoms with Crippen LogP contribution < -0.4 is 9.80 Å². The molecule has 0 amide bonds. The summed E-state index contributed by atoms with van der Waals surface area (Å²) in [6.45, 7) is 0. The van der Waals surface area contributed by atoms with Gasteiger partial charge < -0.3 is 9.80 Å². The fraction of sp³-hybridized carbons (Fsp3) is 0.0149. The Bertz CT molecular complexity index is 3660. The molecule has 0 bridgehead atoms. The normalized spacial score (nSPS) is 13.9. The Morgan fingerprint density at radius 1 is 0.217 bits per heavy atom. The van der Waals surface area contributed by atoms with Crippen LogP contribution in [0.1, 0.15) is 22.3 Å². The third kappa shape index (κ3) is 6.56. The molecule has 2 nitrogen and oxygen atoms in total. The maximum absolute atomic E-state index is 2.46. The molecule has 0 aliphatic heterocycles. The summed E-state index contributed by atoms with van der Waals surface area (Å²) < 4.78 is 0. The zero-order chi connectivity index (χ0) is 45.7. The highest BCUT2D eigenvalue weighted by Crippen LogP contribution is 2.65. The second kappa shape index (κ2) is 16.7. The third-order valence-electron chi connectivity index (χ3n) is 14.3. The van der Waals surface area contributed by atoms with Crippen LogP contribution in [0.4, 0.5) is 34.1 Å². The van der Waals surface area contributed by atoms with E-state index in [-0.39, 0.29) is 0 Å². The van der Waals surface area contributed by atoms with Crippen molar-refractivity contribution in [1.82, 2.24) is 0 Å². The number of para-hydroxylation sites is 2. The van der Waals surface area contributed by atoms with E-state index in [1.165, 1.54) is 77.9 Å². The fourth-order valence-corrected chi connectivity index (χ4v) is 11.3. The number of anilines is 6. The Morgan fingerprint density at radius 3 is 1.35 bits per heavy atom. The molecule has 0 fully saturated rings. The molecule has 0 heterocycles. The first-order valence-corrected chi connectivity index (χ1v) is 23.8. The molecule has 2 aliphatic rings. The van der Waals surface area contributed by atoms with Crippen LogP contribution in [0.2, 0.25) is 0 Å². The molecule has 1 unspecified atom stereocenters. The lowest BCUT2D eigenvalue weighted by Crippen LogP contribution is -2.26. The summed E-state index contributed by atoms with van der Waals surface area (Å²) in [4.78, 5) is 4.90. The van der Waals surface area contributed by atoms with Gasteiger partial charge in [-0.2, -0.15) is 0 Å². The average molecular weight is 879 g/mol. The van der Waals surface area contributed by atoms with Gasteiger partial charge in [0, 0.05) is 33.9 Å². The molecule has 324 valence electrons. The van der Waals surface area contributed by atoms with E-state index in [9.17, 15) is 0 Å². The molecule has 2 aliphatic carbocycles. The van der Waals surface area contributed by atoms with Crippen molar-refractivity contribution < 1.29 is 0 Å². The summed E-state index contributed by atoms with van der Waals surface area (Å²) >= 11 is 0. The van der Waals surface area contributed by atoms with Gasteiger partial charge in [-0.15, -0.1) is 0 Å². The standard InChI is InChI=1S/C67H46N2/c1-5-21-47(22-6-1)49-39-41-53(42-40-49)68(64-37-18-15-31-56(64)50-25-9-3-10-26-50)55-43-44-62-59(46-55)57-32-13-16-34-60(57)67(62)61-35-17-14-33-58(61)66-63(67)36-20-38-65(66)69(52-28-11-4-12-29-52)54-30-19-27-51(45-54)48-23-7-2-8-24-48/h1-46H. The number of hydrogen-bond acceptors (Lipinski definition) is 2. The quantitative estimate of drug-likeness (QED) is 0.143. The monoisotopic (exact) mass is 878 g/mol. The predicted molar refractivity (Wildman–Crippen MR) is 288 cm³/mol. The number of benzene rings is 11. The van der Waals surface area contributed by atoms with Gasteiger partial charge in [0.05, 0.1) is 16.8 Å². The van der Waals surface area contributed by atoms with Crippen molar-refractivity contribution in [2.24, 2.45) is 0 Å². The van der Waals surface area contributed by atoms with E-state index in [0.717, 1.165) is 34.1 Å². The van der Waals surface area contributed by atoms with Crippen LogP contribution in [-0.2, 0) is 5.41 Å². The van der Waals surface area contributed by atoms with Crippen LogP contribution in [0.3, 0.4) is 0 Å². The van der Waals surface area contributed by atoms with Crippen LogP contribution >= 0.6 is 0 Å². The third-order valence-corrected chi connectivity index (χ3v) is 14.3. The Kier molecular flexibility index (Phi) is 9.77. The SMILES string of the molecule is c1ccc(-c2ccc(N(c3ccc4c(c3)-c3ccccc3C43c4ccccc4-c4c(N(c5ccccc5)c5cccc(-c6ccccc6)c5)cccc43)c3ccccc3-c3ccccc3)cc2)cc1. The number of rotatable bonds is 9. The molecule has 1 spiro atoms. The van der Waals surface area contributed by atoms with Gasteiger partial charge in [0.15, 0.2) is 0 Å². The fourth-order valence-electron chi connectivity index (χ4n) is 11.3. The highest BCUT2D eigenvalue weighted by atomic mass is 15.2. The van der Waals surface area contributed by atoms with Crippen molar-refractivity contribution >= 4 is 34.1 Å². The van der Waals surface area contributed by atoms with E-state index >= 15 is 0 Å². The van der Waals surface area contributed by atoms with Crippen molar-refractivity contribution in [3.05, 3.63) is 301 Å². The Labute approximate surface area is 404 Å². The number of nitrogens with zero attached hydrogens (tertiary/aromatic N) is 2. The highest BCUT2D eigenvalue weighted by Gasteiger charge is 2.52. The lowest BCUT2D eigenvalue weighted by Gasteiger charge is -2.32. The molecule has 0 N–H and O–H groups in total. The summed E-state index contributed by atoms with van der Waals surface area (Å²) in [5.74, 6) is 0. The Balaban J connectivity index is 1.02. The first-order valence-electron chi connectivity index (χ1n) is 23.8. The van der Waals surface area contributed by atoms with Gasteiger partial charge in [0.2, 0.25) is 0 Å². The van der Waals surface area contributed by atoms with Gasteiger partial charge in [-0.05, 0) is 127 Å². The molecule has 69 heavy (non-hydrogen) atoms. The topological polar surface area (TPSA) is 6.48 Å². The largest absolute Gasteiger partial charge is 0.310 e. The molecule has 11 aromatic carbocycles. The molecular weight excluding hydrogens is 833 g/mol. The van der Waals surface area contributed by atoms with Crippen molar-refractivity contribution in [2.45, 2.75) is 5.41 Å². The van der Waals surface area contributed by atoms with E-state index < -0.39 is 5.41 Å². The molecule has 2 heteroatoms. The summed E-state index contributed by atoms with van der Waals surface area (Å²) in [5, 5.41) is 0. The molecule has 0 aromatic heterocycles. The Hall–Kier alpha value is -8.98. The van der Waals surface area contributed by atoms with Gasteiger partial charge in [-0.25, -0.2) is 0 Å². The van der Waals surface area contributed by atoms with Crippen molar-refractivity contribution in [1.29, 1.82) is 0 Å². The molecular formula is C67H46N2. The van der Waals surface area contributed by atoms with E-state index in [4.69, 9.17) is 0 Å². The molecule has 0 saturated carbocycles. The van der Waals surface area contributed by atoms with Crippen molar-refractivity contribution in [2.75, 3.05) is 9.80 Å². The molecule has 13 rings (SSSR count). The summed E-state index contributed by atoms with van der Waals surface area (Å²) in [7, 11) is 0. The van der Waals surface area contributed by atoms with Crippen LogP contribution in [0, 0.1) is 0 Å². The van der Waals surface area contributed by atoms with E-state index in [0.29, 0.717) is 0 Å². The first-order chi connectivity index (χ1) is 34.3. The molecule has 0 radical (unpaired) electrons. The van der Waals surface area contributed by atoms with Gasteiger partial charge in [0.25, 0.3) is 0 Å². The van der Waals surface area contributed by atoms with Crippen LogP contribution in [0.25, 0.3) is 55.6 Å². The van der Waals surface area contributed by atoms with Crippen LogP contribution in [0.15, 0.2) is 279 Å². The smallest absolute Gasteiger partial charge is 0.0726 e. The zero-order valence-electron chi connectivity index (χ0n) is 38.0. The van der Waals surface area contributed by atoms with Gasteiger partial charge in [-0.3, -0.25) is 0 Å². The molecule has 11 aromatic rings. The zero-order valence-corrected chi connectivity index (χ0v) is 38.0. The van der Waals surface area contributed by atoms with E-state index in [1.807, 2.05) is 0 Å². The summed E-state index contributed by atoms with van der Waals surface area (Å²) in [6, 6.07) is 102. The minimum absolute atomic E-state index is 0.551.